The molecule has 106 valence electrons. The van der Waals surface area contributed by atoms with Crippen molar-refractivity contribution in [3.63, 3.8) is 0 Å². The molecule has 5 nitrogen and oxygen atoms in total. The monoisotopic (exact) mass is 284 g/mol. The molecule has 2 atom stereocenters. The van der Waals surface area contributed by atoms with Crippen molar-refractivity contribution in [3.05, 3.63) is 29.8 Å². The summed E-state index contributed by atoms with van der Waals surface area (Å²) in [5.41, 5.74) is 6.14. The van der Waals surface area contributed by atoms with Gasteiger partial charge in [-0.05, 0) is 38.0 Å². The largest absolute Gasteiger partial charge is 0.379 e. The van der Waals surface area contributed by atoms with E-state index in [2.05, 4.69) is 4.72 Å². The Labute approximate surface area is 114 Å². The third-order valence-corrected chi connectivity index (χ3v) is 4.97. The van der Waals surface area contributed by atoms with Crippen molar-refractivity contribution in [1.29, 1.82) is 0 Å². The Balaban J connectivity index is 2.19. The van der Waals surface area contributed by atoms with E-state index in [9.17, 15) is 8.42 Å². The number of ether oxygens (including phenoxy) is 1. The number of hydrogen-bond donors (Lipinski definition) is 2. The van der Waals surface area contributed by atoms with Crippen LogP contribution in [0.25, 0.3) is 0 Å². The van der Waals surface area contributed by atoms with E-state index in [0.29, 0.717) is 19.6 Å². The van der Waals surface area contributed by atoms with Gasteiger partial charge in [-0.15, -0.1) is 0 Å². The molecule has 0 aromatic heterocycles. The lowest BCUT2D eigenvalue weighted by Gasteiger charge is -2.23. The number of hydrogen-bond acceptors (Lipinski definition) is 4. The number of nitrogens with one attached hydrogen (secondary N) is 1. The zero-order valence-corrected chi connectivity index (χ0v) is 12.0. The van der Waals surface area contributed by atoms with E-state index in [1.165, 1.54) is 0 Å². The highest BCUT2D eigenvalue weighted by molar-refractivity contribution is 7.89. The lowest BCUT2D eigenvalue weighted by Crippen LogP contribution is -2.46. The Bertz CT molecular complexity index is 532. The van der Waals surface area contributed by atoms with Crippen LogP contribution in [0.15, 0.2) is 29.2 Å². The smallest absolute Gasteiger partial charge is 0.241 e. The van der Waals surface area contributed by atoms with E-state index in [-0.39, 0.29) is 10.9 Å². The Morgan fingerprint density at radius 2 is 2.00 bits per heavy atom. The molecule has 3 N–H and O–H groups in total. The van der Waals surface area contributed by atoms with Crippen LogP contribution in [0.4, 0.5) is 0 Å². The van der Waals surface area contributed by atoms with Crippen molar-refractivity contribution >= 4 is 10.0 Å². The summed E-state index contributed by atoms with van der Waals surface area (Å²) in [6, 6.07) is 6.55. The summed E-state index contributed by atoms with van der Waals surface area (Å²) in [6.45, 7) is 4.71. The number of sulfonamides is 1. The standard InChI is InChI=1S/C13H20N2O3S/c1-10(14)11-3-5-12(6-4-11)19(16,17)15-13(2)7-8-18-9-13/h3-6,10,15H,7-9,14H2,1-2H3. The van der Waals surface area contributed by atoms with Crippen molar-refractivity contribution in [3.8, 4) is 0 Å². The summed E-state index contributed by atoms with van der Waals surface area (Å²) in [5, 5.41) is 0. The fourth-order valence-corrected chi connectivity index (χ4v) is 3.50. The molecule has 1 aliphatic rings. The van der Waals surface area contributed by atoms with Crippen LogP contribution in [0.3, 0.4) is 0 Å². The van der Waals surface area contributed by atoms with Crippen LogP contribution in [0.5, 0.6) is 0 Å². The normalized spacial score (nSPS) is 25.4. The maximum atomic E-state index is 12.3. The van der Waals surface area contributed by atoms with Gasteiger partial charge in [0.2, 0.25) is 10.0 Å². The SMILES string of the molecule is CC(N)c1ccc(S(=O)(=O)NC2(C)CCOC2)cc1. The molecule has 0 radical (unpaired) electrons. The molecule has 2 unspecified atom stereocenters. The van der Waals surface area contributed by atoms with Crippen LogP contribution < -0.4 is 10.5 Å². The van der Waals surface area contributed by atoms with Crippen molar-refractivity contribution in [2.24, 2.45) is 5.73 Å². The van der Waals surface area contributed by atoms with Gasteiger partial charge in [0, 0.05) is 12.6 Å². The fourth-order valence-electron chi connectivity index (χ4n) is 2.08. The van der Waals surface area contributed by atoms with Crippen LogP contribution in [-0.2, 0) is 14.8 Å². The van der Waals surface area contributed by atoms with Gasteiger partial charge in [-0.25, -0.2) is 13.1 Å². The predicted molar refractivity (Wildman–Crippen MR) is 73.2 cm³/mol. The second-order valence-corrected chi connectivity index (χ2v) is 7.01. The van der Waals surface area contributed by atoms with Crippen molar-refractivity contribution in [2.75, 3.05) is 13.2 Å². The van der Waals surface area contributed by atoms with E-state index < -0.39 is 15.6 Å². The second-order valence-electron chi connectivity index (χ2n) is 5.33. The van der Waals surface area contributed by atoms with Crippen LogP contribution in [0.2, 0.25) is 0 Å². The van der Waals surface area contributed by atoms with Gasteiger partial charge in [-0.2, -0.15) is 0 Å². The van der Waals surface area contributed by atoms with E-state index in [0.717, 1.165) is 5.56 Å². The minimum absolute atomic E-state index is 0.106. The fraction of sp³-hybridized carbons (Fsp3) is 0.538. The number of rotatable bonds is 4. The predicted octanol–water partition coefficient (Wildman–Crippen LogP) is 1.16. The summed E-state index contributed by atoms with van der Waals surface area (Å²) in [7, 11) is -3.52. The number of benzene rings is 1. The molecule has 1 aromatic rings. The Morgan fingerprint density at radius 3 is 2.47 bits per heavy atom. The van der Waals surface area contributed by atoms with Crippen molar-refractivity contribution < 1.29 is 13.2 Å². The molecule has 1 saturated heterocycles. The van der Waals surface area contributed by atoms with Gasteiger partial charge in [-0.3, -0.25) is 0 Å². The maximum Gasteiger partial charge on any atom is 0.241 e. The Kier molecular flexibility index (Phi) is 3.96. The minimum atomic E-state index is -3.52. The minimum Gasteiger partial charge on any atom is -0.379 e. The lowest BCUT2D eigenvalue weighted by molar-refractivity contribution is 0.178. The van der Waals surface area contributed by atoms with E-state index in [4.69, 9.17) is 10.5 Å². The highest BCUT2D eigenvalue weighted by Crippen LogP contribution is 2.22. The molecule has 0 aliphatic carbocycles. The van der Waals surface area contributed by atoms with E-state index in [1.807, 2.05) is 13.8 Å². The van der Waals surface area contributed by atoms with Gasteiger partial charge >= 0.3 is 0 Å². The Hall–Kier alpha value is -0.950. The summed E-state index contributed by atoms with van der Waals surface area (Å²) >= 11 is 0. The summed E-state index contributed by atoms with van der Waals surface area (Å²) in [4.78, 5) is 0.255. The first kappa shape index (κ1) is 14.5. The lowest BCUT2D eigenvalue weighted by atomic mass is 10.0. The molecule has 6 heteroatoms. The van der Waals surface area contributed by atoms with Crippen LogP contribution in [0, 0.1) is 0 Å². The van der Waals surface area contributed by atoms with Gasteiger partial charge in [0.1, 0.15) is 0 Å². The van der Waals surface area contributed by atoms with Crippen LogP contribution in [0.1, 0.15) is 31.9 Å². The molecule has 0 bridgehead atoms. The van der Waals surface area contributed by atoms with Gasteiger partial charge in [-0.1, -0.05) is 12.1 Å². The zero-order chi connectivity index (χ0) is 14.1. The summed E-state index contributed by atoms with van der Waals surface area (Å²) in [6.07, 6.45) is 0.685. The average Bonchev–Trinajstić information content (AvgIpc) is 2.75. The third kappa shape index (κ3) is 3.33. The molecule has 0 amide bonds. The molecule has 2 rings (SSSR count). The molecule has 0 spiro atoms. The van der Waals surface area contributed by atoms with Crippen molar-refractivity contribution in [1.82, 2.24) is 4.72 Å². The first-order valence-corrected chi connectivity index (χ1v) is 7.78. The van der Waals surface area contributed by atoms with Gasteiger partial charge in [0.15, 0.2) is 0 Å². The van der Waals surface area contributed by atoms with E-state index in [1.54, 1.807) is 24.3 Å². The molecule has 19 heavy (non-hydrogen) atoms. The molecule has 1 fully saturated rings. The molecular formula is C13H20N2O3S. The van der Waals surface area contributed by atoms with E-state index >= 15 is 0 Å². The first-order valence-electron chi connectivity index (χ1n) is 6.30. The molecular weight excluding hydrogens is 264 g/mol. The van der Waals surface area contributed by atoms with Crippen LogP contribution >= 0.6 is 0 Å². The number of nitrogens with two attached hydrogens (primary N) is 1. The van der Waals surface area contributed by atoms with Gasteiger partial charge in [0.05, 0.1) is 17.0 Å². The highest BCUT2D eigenvalue weighted by Gasteiger charge is 2.34. The highest BCUT2D eigenvalue weighted by atomic mass is 32.2. The average molecular weight is 284 g/mol. The topological polar surface area (TPSA) is 81.4 Å². The summed E-state index contributed by atoms with van der Waals surface area (Å²) in [5.74, 6) is 0. The van der Waals surface area contributed by atoms with Gasteiger partial charge < -0.3 is 10.5 Å². The molecule has 1 aromatic carbocycles. The first-order chi connectivity index (χ1) is 8.82. The third-order valence-electron chi connectivity index (χ3n) is 3.32. The zero-order valence-electron chi connectivity index (χ0n) is 11.2. The maximum absolute atomic E-state index is 12.3. The quantitative estimate of drug-likeness (QED) is 0.869. The molecule has 0 saturated carbocycles. The van der Waals surface area contributed by atoms with Gasteiger partial charge in [0.25, 0.3) is 0 Å². The Morgan fingerprint density at radius 1 is 1.37 bits per heavy atom. The summed E-state index contributed by atoms with van der Waals surface area (Å²) < 4.78 is 32.5. The molecule has 1 aliphatic heterocycles. The molecule has 1 heterocycles. The second kappa shape index (κ2) is 5.20. The van der Waals surface area contributed by atoms with Crippen LogP contribution in [-0.4, -0.2) is 27.2 Å². The van der Waals surface area contributed by atoms with Crippen molar-refractivity contribution in [2.45, 2.75) is 36.7 Å².